The summed E-state index contributed by atoms with van der Waals surface area (Å²) in [6.07, 6.45) is 0.571. The molecule has 2 aromatic carbocycles. The number of carboxylic acids is 1. The van der Waals surface area contributed by atoms with Crippen LogP contribution in [-0.2, 0) is 19.1 Å². The van der Waals surface area contributed by atoms with Crippen molar-refractivity contribution < 1.29 is 29.0 Å². The summed E-state index contributed by atoms with van der Waals surface area (Å²) in [5.41, 5.74) is 3.17. The number of carbonyl (C=O) groups excluding carboxylic acids is 2. The lowest BCUT2D eigenvalue weighted by molar-refractivity contribution is -0.137. The second-order valence-corrected chi connectivity index (χ2v) is 9.30. The van der Waals surface area contributed by atoms with Crippen LogP contribution in [0.1, 0.15) is 50.2 Å². The molecule has 2 unspecified atom stereocenters. The summed E-state index contributed by atoms with van der Waals surface area (Å²) >= 11 is 0. The van der Waals surface area contributed by atoms with Crippen molar-refractivity contribution in [1.29, 1.82) is 0 Å². The van der Waals surface area contributed by atoms with Crippen LogP contribution in [0.3, 0.4) is 0 Å². The number of nitrogens with one attached hydrogen (secondary N) is 2. The summed E-state index contributed by atoms with van der Waals surface area (Å²) in [6, 6.07) is 16.1. The molecule has 2 amide bonds. The summed E-state index contributed by atoms with van der Waals surface area (Å²) in [4.78, 5) is 36.3. The first-order valence-corrected chi connectivity index (χ1v) is 11.9. The number of hydrogen-bond acceptors (Lipinski definition) is 5. The van der Waals surface area contributed by atoms with E-state index in [-0.39, 0.29) is 31.5 Å². The van der Waals surface area contributed by atoms with Gasteiger partial charge in [0.15, 0.2) is 0 Å². The van der Waals surface area contributed by atoms with Crippen LogP contribution in [-0.4, -0.2) is 55.5 Å². The lowest BCUT2D eigenvalue weighted by Crippen LogP contribution is -2.59. The number of rotatable bonds is 12. The van der Waals surface area contributed by atoms with E-state index >= 15 is 0 Å². The van der Waals surface area contributed by atoms with Gasteiger partial charge in [0.1, 0.15) is 12.1 Å². The molecule has 0 saturated heterocycles. The smallest absolute Gasteiger partial charge is 0.408 e. The second kappa shape index (κ2) is 11.8. The Bertz CT molecular complexity index is 1010. The molecule has 0 radical (unpaired) electrons. The average molecular weight is 483 g/mol. The van der Waals surface area contributed by atoms with Gasteiger partial charge in [-0.2, -0.15) is 0 Å². The van der Waals surface area contributed by atoms with E-state index in [4.69, 9.17) is 14.6 Å². The molecule has 0 fully saturated rings. The lowest BCUT2D eigenvalue weighted by atomic mass is 9.98. The van der Waals surface area contributed by atoms with Crippen molar-refractivity contribution in [3.8, 4) is 11.1 Å². The van der Waals surface area contributed by atoms with Gasteiger partial charge >= 0.3 is 12.1 Å². The van der Waals surface area contributed by atoms with E-state index in [1.165, 1.54) is 7.11 Å². The van der Waals surface area contributed by atoms with Gasteiger partial charge in [0.2, 0.25) is 5.91 Å². The maximum absolute atomic E-state index is 12.9. The van der Waals surface area contributed by atoms with Crippen LogP contribution in [0.25, 0.3) is 11.1 Å². The van der Waals surface area contributed by atoms with Crippen LogP contribution in [0.4, 0.5) is 4.79 Å². The molecule has 2 aromatic rings. The third-order valence-corrected chi connectivity index (χ3v) is 6.43. The van der Waals surface area contributed by atoms with Crippen molar-refractivity contribution >= 4 is 18.0 Å². The van der Waals surface area contributed by atoms with Gasteiger partial charge in [0.05, 0.1) is 6.61 Å². The highest BCUT2D eigenvalue weighted by atomic mass is 16.5. The van der Waals surface area contributed by atoms with Crippen molar-refractivity contribution in [1.82, 2.24) is 10.6 Å². The zero-order chi connectivity index (χ0) is 25.4. The molecule has 3 N–H and O–H groups in total. The minimum atomic E-state index is -1.32. The van der Waals surface area contributed by atoms with Gasteiger partial charge < -0.3 is 25.2 Å². The molecule has 0 bridgehead atoms. The van der Waals surface area contributed by atoms with Crippen molar-refractivity contribution in [2.75, 3.05) is 26.9 Å². The first-order valence-electron chi connectivity index (χ1n) is 11.9. The Kier molecular flexibility index (Phi) is 8.87. The number of hydrogen-bond donors (Lipinski definition) is 3. The molecule has 35 heavy (non-hydrogen) atoms. The molecule has 1 aliphatic rings. The molecule has 0 heterocycles. The number of ether oxygens (including phenoxy) is 2. The maximum atomic E-state index is 12.9. The van der Waals surface area contributed by atoms with Crippen molar-refractivity contribution in [2.45, 2.75) is 44.6 Å². The summed E-state index contributed by atoms with van der Waals surface area (Å²) in [6.45, 7) is 4.01. The summed E-state index contributed by atoms with van der Waals surface area (Å²) in [7, 11) is 1.46. The molecule has 0 aromatic heterocycles. The Morgan fingerprint density at radius 3 is 2.20 bits per heavy atom. The van der Waals surface area contributed by atoms with E-state index in [1.54, 1.807) is 6.92 Å². The van der Waals surface area contributed by atoms with E-state index < -0.39 is 23.5 Å². The Morgan fingerprint density at radius 2 is 1.63 bits per heavy atom. The Labute approximate surface area is 206 Å². The fourth-order valence-electron chi connectivity index (χ4n) is 4.45. The highest BCUT2D eigenvalue weighted by Crippen LogP contribution is 2.44. The molecule has 1 aliphatic carbocycles. The Morgan fingerprint density at radius 1 is 1.03 bits per heavy atom. The van der Waals surface area contributed by atoms with Crippen molar-refractivity contribution in [3.05, 3.63) is 59.7 Å². The van der Waals surface area contributed by atoms with Gasteiger partial charge in [-0.1, -0.05) is 55.5 Å². The van der Waals surface area contributed by atoms with Gasteiger partial charge in [0.25, 0.3) is 0 Å². The lowest BCUT2D eigenvalue weighted by Gasteiger charge is -2.29. The van der Waals surface area contributed by atoms with Gasteiger partial charge in [-0.3, -0.25) is 9.59 Å². The number of aliphatic carboxylic acids is 1. The third-order valence-electron chi connectivity index (χ3n) is 6.43. The van der Waals surface area contributed by atoms with Crippen LogP contribution >= 0.6 is 0 Å². The molecule has 2 atom stereocenters. The summed E-state index contributed by atoms with van der Waals surface area (Å²) < 4.78 is 10.8. The van der Waals surface area contributed by atoms with Gasteiger partial charge in [-0.05, 0) is 47.9 Å². The number of carboxylic acid groups (broad SMARTS) is 1. The van der Waals surface area contributed by atoms with Gasteiger partial charge in [0, 0.05) is 26.0 Å². The average Bonchev–Trinajstić information content (AvgIpc) is 3.15. The van der Waals surface area contributed by atoms with Gasteiger partial charge in [-0.25, -0.2) is 4.79 Å². The molecule has 8 nitrogen and oxygen atoms in total. The quantitative estimate of drug-likeness (QED) is 0.422. The van der Waals surface area contributed by atoms with E-state index in [2.05, 4.69) is 22.8 Å². The monoisotopic (exact) mass is 482 g/mol. The number of carbonyl (C=O) groups is 3. The van der Waals surface area contributed by atoms with E-state index in [9.17, 15) is 14.4 Å². The topological polar surface area (TPSA) is 114 Å². The predicted molar refractivity (Wildman–Crippen MR) is 132 cm³/mol. The second-order valence-electron chi connectivity index (χ2n) is 9.30. The van der Waals surface area contributed by atoms with Crippen LogP contribution in [0.5, 0.6) is 0 Å². The fourth-order valence-corrected chi connectivity index (χ4v) is 4.45. The molecular weight excluding hydrogens is 448 g/mol. The van der Waals surface area contributed by atoms with E-state index in [0.29, 0.717) is 19.4 Å². The fraction of sp³-hybridized carbons (Fsp3) is 0.444. The first kappa shape index (κ1) is 26.2. The molecular formula is C27H34N2O6. The Hall–Kier alpha value is -3.39. The normalized spacial score (nSPS) is 14.8. The minimum Gasteiger partial charge on any atom is -0.481 e. The standard InChI is InChI=1S/C27H34N2O6/c1-18(12-13-24(30)31)14-15-28-25(32)27(2,17-34-3)29-26(33)35-16-23-21-10-6-4-8-19(21)20-9-5-7-11-22(20)23/h4-11,18,23H,12-17H2,1-3H3,(H,28,32)(H,29,33)(H,30,31). The number of alkyl carbamates (subject to hydrolysis) is 1. The first-order chi connectivity index (χ1) is 16.7. The van der Waals surface area contributed by atoms with Gasteiger partial charge in [-0.15, -0.1) is 0 Å². The summed E-state index contributed by atoms with van der Waals surface area (Å²) in [5.74, 6) is -1.16. The van der Waals surface area contributed by atoms with Crippen LogP contribution in [0.15, 0.2) is 48.5 Å². The zero-order valence-electron chi connectivity index (χ0n) is 20.5. The van der Waals surface area contributed by atoms with Crippen molar-refractivity contribution in [3.63, 3.8) is 0 Å². The Balaban J connectivity index is 1.57. The minimum absolute atomic E-state index is 0.0302. The molecule has 3 rings (SSSR count). The van der Waals surface area contributed by atoms with Crippen molar-refractivity contribution in [2.24, 2.45) is 5.92 Å². The molecule has 8 heteroatoms. The van der Waals surface area contributed by atoms with Crippen LogP contribution < -0.4 is 10.6 Å². The van der Waals surface area contributed by atoms with E-state index in [1.807, 2.05) is 43.3 Å². The number of fused-ring (bicyclic) bond motifs is 3. The molecule has 0 aliphatic heterocycles. The number of methoxy groups -OCH3 is 1. The van der Waals surface area contributed by atoms with Crippen LogP contribution in [0, 0.1) is 5.92 Å². The number of benzene rings is 2. The predicted octanol–water partition coefficient (Wildman–Crippen LogP) is 3.94. The third kappa shape index (κ3) is 6.60. The largest absolute Gasteiger partial charge is 0.481 e. The summed E-state index contributed by atoms with van der Waals surface area (Å²) in [5, 5.41) is 14.3. The number of amides is 2. The molecule has 188 valence electrons. The molecule has 0 saturated carbocycles. The highest BCUT2D eigenvalue weighted by molar-refractivity contribution is 5.89. The zero-order valence-corrected chi connectivity index (χ0v) is 20.5. The highest BCUT2D eigenvalue weighted by Gasteiger charge is 2.36. The van der Waals surface area contributed by atoms with Crippen LogP contribution in [0.2, 0.25) is 0 Å². The molecule has 0 spiro atoms. The van der Waals surface area contributed by atoms with E-state index in [0.717, 1.165) is 22.3 Å². The SMILES string of the molecule is COCC(C)(NC(=O)OCC1c2ccccc2-c2ccccc21)C(=O)NCCC(C)CCC(=O)O. The maximum Gasteiger partial charge on any atom is 0.408 e.